The third-order valence-electron chi connectivity index (χ3n) is 5.09. The first-order valence-corrected chi connectivity index (χ1v) is 11.3. The molecule has 1 aromatic heterocycles. The number of aromatic nitrogens is 1. The highest BCUT2D eigenvalue weighted by Crippen LogP contribution is 2.18. The molecule has 1 amide bonds. The van der Waals surface area contributed by atoms with Gasteiger partial charge in [-0.3, -0.25) is 4.79 Å². The van der Waals surface area contributed by atoms with Gasteiger partial charge in [0.1, 0.15) is 0 Å². The third kappa shape index (κ3) is 6.32. The number of benzene rings is 1. The van der Waals surface area contributed by atoms with Crippen LogP contribution in [-0.2, 0) is 6.54 Å². The fourth-order valence-corrected chi connectivity index (χ4v) is 4.35. The Kier molecular flexibility index (Phi) is 8.74. The Balaban J connectivity index is 1.61. The molecule has 0 aliphatic carbocycles. The maximum atomic E-state index is 11.7. The van der Waals surface area contributed by atoms with Gasteiger partial charge in [-0.1, -0.05) is 23.9 Å². The second kappa shape index (κ2) is 11.7. The number of hydrogen-bond donors (Lipinski definition) is 2. The van der Waals surface area contributed by atoms with Gasteiger partial charge < -0.3 is 20.0 Å². The summed E-state index contributed by atoms with van der Waals surface area (Å²) in [4.78, 5) is 15.6. The van der Waals surface area contributed by atoms with E-state index in [9.17, 15) is 15.0 Å². The van der Waals surface area contributed by atoms with Crippen LogP contribution in [0.3, 0.4) is 0 Å². The molecule has 0 unspecified atom stereocenters. The van der Waals surface area contributed by atoms with Gasteiger partial charge in [0.2, 0.25) is 5.69 Å². The first-order chi connectivity index (χ1) is 14.7. The summed E-state index contributed by atoms with van der Waals surface area (Å²) in [5.74, 6) is 0.905. The van der Waals surface area contributed by atoms with E-state index in [1.54, 1.807) is 0 Å². The standard InChI is InChI=1S/C23H30N3O3S/c27-17-14-25(15-18-28)22-9-6-20(7-10-22)5-8-21-4-1-2-11-24(21)12-3-13-26-16-19-30-23(26)29/h1-2,4-11,27-28H,3,12-19H2/q+1. The van der Waals surface area contributed by atoms with Crippen LogP contribution < -0.4 is 9.47 Å². The highest BCUT2D eigenvalue weighted by atomic mass is 32.2. The lowest BCUT2D eigenvalue weighted by molar-refractivity contribution is -0.698. The van der Waals surface area contributed by atoms with Crippen molar-refractivity contribution in [2.75, 3.05) is 50.0 Å². The third-order valence-corrected chi connectivity index (χ3v) is 5.98. The second-order valence-electron chi connectivity index (χ2n) is 7.13. The van der Waals surface area contributed by atoms with Crippen molar-refractivity contribution >= 4 is 34.8 Å². The van der Waals surface area contributed by atoms with Gasteiger partial charge in [-0.15, -0.1) is 0 Å². The topological polar surface area (TPSA) is 67.9 Å². The van der Waals surface area contributed by atoms with Gasteiger partial charge >= 0.3 is 0 Å². The molecule has 2 aromatic rings. The normalized spacial score (nSPS) is 14.1. The van der Waals surface area contributed by atoms with Crippen molar-refractivity contribution in [1.82, 2.24) is 4.90 Å². The zero-order valence-corrected chi connectivity index (χ0v) is 18.0. The fraction of sp³-hybridized carbons (Fsp3) is 0.391. The van der Waals surface area contributed by atoms with Crippen LogP contribution in [0.5, 0.6) is 0 Å². The Morgan fingerprint density at radius 1 is 1.07 bits per heavy atom. The van der Waals surface area contributed by atoms with Crippen molar-refractivity contribution in [3.05, 3.63) is 59.9 Å². The van der Waals surface area contributed by atoms with E-state index in [2.05, 4.69) is 29.0 Å². The number of pyridine rings is 1. The number of thioether (sulfide) groups is 1. The summed E-state index contributed by atoms with van der Waals surface area (Å²) in [6.45, 7) is 3.64. The number of hydrogen-bond acceptors (Lipinski definition) is 5. The summed E-state index contributed by atoms with van der Waals surface area (Å²) in [6, 6.07) is 14.2. The number of nitrogens with zero attached hydrogens (tertiary/aromatic N) is 3. The van der Waals surface area contributed by atoms with Crippen LogP contribution in [0.1, 0.15) is 17.7 Å². The number of carbonyl (C=O) groups excluding carboxylic acids is 1. The maximum absolute atomic E-state index is 11.7. The van der Waals surface area contributed by atoms with Gasteiger partial charge in [-0.2, -0.15) is 4.57 Å². The van der Waals surface area contributed by atoms with Crippen LogP contribution in [0.2, 0.25) is 0 Å². The van der Waals surface area contributed by atoms with Crippen molar-refractivity contribution in [1.29, 1.82) is 0 Å². The van der Waals surface area contributed by atoms with E-state index in [0.717, 1.165) is 48.8 Å². The van der Waals surface area contributed by atoms with Crippen LogP contribution in [0, 0.1) is 0 Å². The van der Waals surface area contributed by atoms with E-state index >= 15 is 0 Å². The molecule has 160 valence electrons. The predicted molar refractivity (Wildman–Crippen MR) is 122 cm³/mol. The zero-order valence-electron chi connectivity index (χ0n) is 17.2. The fourth-order valence-electron chi connectivity index (χ4n) is 3.49. The molecule has 7 heteroatoms. The smallest absolute Gasteiger partial charge is 0.281 e. The molecule has 0 radical (unpaired) electrons. The maximum Gasteiger partial charge on any atom is 0.281 e. The van der Waals surface area contributed by atoms with Crippen LogP contribution >= 0.6 is 11.8 Å². The van der Waals surface area contributed by atoms with Crippen molar-refractivity contribution in [2.24, 2.45) is 0 Å². The van der Waals surface area contributed by atoms with Gasteiger partial charge in [0.25, 0.3) is 5.24 Å². The molecule has 0 bridgehead atoms. The Morgan fingerprint density at radius 3 is 2.50 bits per heavy atom. The molecule has 1 aliphatic rings. The summed E-state index contributed by atoms with van der Waals surface area (Å²) >= 11 is 1.41. The number of carbonyl (C=O) groups is 1. The molecule has 3 rings (SSSR count). The summed E-state index contributed by atoms with van der Waals surface area (Å²) in [5, 5.41) is 18.6. The Labute approximate surface area is 182 Å². The first kappa shape index (κ1) is 22.3. The molecule has 30 heavy (non-hydrogen) atoms. The summed E-state index contributed by atoms with van der Waals surface area (Å²) in [5.41, 5.74) is 3.19. The van der Waals surface area contributed by atoms with E-state index in [0.29, 0.717) is 13.1 Å². The number of rotatable bonds is 11. The lowest BCUT2D eigenvalue weighted by atomic mass is 10.1. The summed E-state index contributed by atoms with van der Waals surface area (Å²) in [6.07, 6.45) is 7.19. The molecule has 6 nitrogen and oxygen atoms in total. The molecule has 1 aliphatic heterocycles. The Bertz CT molecular complexity index is 836. The van der Waals surface area contributed by atoms with E-state index in [1.807, 2.05) is 46.2 Å². The van der Waals surface area contributed by atoms with Gasteiger partial charge in [0, 0.05) is 62.2 Å². The van der Waals surface area contributed by atoms with Crippen molar-refractivity contribution in [2.45, 2.75) is 13.0 Å². The minimum atomic E-state index is 0.0560. The zero-order chi connectivity index (χ0) is 21.2. The van der Waals surface area contributed by atoms with Gasteiger partial charge in [-0.05, 0) is 29.8 Å². The van der Waals surface area contributed by atoms with Crippen LogP contribution in [0.4, 0.5) is 10.5 Å². The number of anilines is 1. The molecular formula is C23H30N3O3S+. The number of amides is 1. The molecule has 1 aromatic carbocycles. The molecule has 2 heterocycles. The van der Waals surface area contributed by atoms with Gasteiger partial charge in [-0.25, -0.2) is 0 Å². The second-order valence-corrected chi connectivity index (χ2v) is 8.18. The number of aliphatic hydroxyl groups is 2. The molecular weight excluding hydrogens is 398 g/mol. The predicted octanol–water partition coefficient (Wildman–Crippen LogP) is 2.49. The molecule has 1 fully saturated rings. The first-order valence-electron chi connectivity index (χ1n) is 10.4. The van der Waals surface area contributed by atoms with Crippen molar-refractivity contribution in [3.8, 4) is 0 Å². The Morgan fingerprint density at radius 2 is 1.83 bits per heavy atom. The SMILES string of the molecule is O=C1SCCN1CCC[n+]1ccccc1C=Cc1ccc(N(CCO)CCO)cc1. The van der Waals surface area contributed by atoms with E-state index in [1.165, 1.54) is 11.8 Å². The summed E-state index contributed by atoms with van der Waals surface area (Å²) in [7, 11) is 0. The molecule has 1 saturated heterocycles. The highest BCUT2D eigenvalue weighted by Gasteiger charge is 2.20. The quantitative estimate of drug-likeness (QED) is 0.539. The summed E-state index contributed by atoms with van der Waals surface area (Å²) < 4.78 is 2.21. The average molecular weight is 429 g/mol. The lowest BCUT2D eigenvalue weighted by Gasteiger charge is -2.22. The molecule has 2 N–H and O–H groups in total. The number of aryl methyl sites for hydroxylation is 1. The van der Waals surface area contributed by atoms with Gasteiger partial charge in [0.15, 0.2) is 12.7 Å². The monoisotopic (exact) mass is 428 g/mol. The Hall–Kier alpha value is -2.35. The molecule has 0 spiro atoms. The van der Waals surface area contributed by atoms with E-state index in [-0.39, 0.29) is 18.5 Å². The highest BCUT2D eigenvalue weighted by molar-refractivity contribution is 8.13. The van der Waals surface area contributed by atoms with Crippen molar-refractivity contribution in [3.63, 3.8) is 0 Å². The lowest BCUT2D eigenvalue weighted by Crippen LogP contribution is -2.38. The van der Waals surface area contributed by atoms with E-state index < -0.39 is 0 Å². The van der Waals surface area contributed by atoms with E-state index in [4.69, 9.17) is 0 Å². The number of aliphatic hydroxyl groups excluding tert-OH is 2. The van der Waals surface area contributed by atoms with Crippen LogP contribution in [0.15, 0.2) is 48.7 Å². The largest absolute Gasteiger partial charge is 0.395 e. The van der Waals surface area contributed by atoms with Crippen LogP contribution in [-0.4, -0.2) is 65.5 Å². The minimum Gasteiger partial charge on any atom is -0.395 e. The average Bonchev–Trinajstić information content (AvgIpc) is 3.18. The molecule has 0 saturated carbocycles. The minimum absolute atomic E-state index is 0.0560. The molecule has 0 atom stereocenters. The van der Waals surface area contributed by atoms with Gasteiger partial charge in [0.05, 0.1) is 13.2 Å². The van der Waals surface area contributed by atoms with Crippen LogP contribution in [0.25, 0.3) is 12.2 Å². The van der Waals surface area contributed by atoms with Crippen molar-refractivity contribution < 1.29 is 19.6 Å².